The third-order valence-electron chi connectivity index (χ3n) is 4.17. The van der Waals surface area contributed by atoms with Crippen molar-refractivity contribution in [1.82, 2.24) is 10.2 Å². The zero-order valence-electron chi connectivity index (χ0n) is 12.9. The number of imide groups is 1. The van der Waals surface area contributed by atoms with Crippen LogP contribution in [0.25, 0.3) is 5.76 Å². The lowest BCUT2D eigenvalue weighted by molar-refractivity contribution is -0.136. The Labute approximate surface area is 134 Å². The van der Waals surface area contributed by atoms with Gasteiger partial charge in [-0.15, -0.1) is 0 Å². The molecule has 1 atom stereocenters. The third kappa shape index (κ3) is 2.72. The molecule has 0 aliphatic carbocycles. The molecule has 0 radical (unpaired) electrons. The van der Waals surface area contributed by atoms with Crippen molar-refractivity contribution in [3.63, 3.8) is 0 Å². The average molecular weight is 314 g/mol. The van der Waals surface area contributed by atoms with E-state index in [9.17, 15) is 14.4 Å². The van der Waals surface area contributed by atoms with Crippen molar-refractivity contribution in [3.8, 4) is 0 Å². The van der Waals surface area contributed by atoms with Gasteiger partial charge in [0.25, 0.3) is 5.91 Å². The molecular weight excluding hydrogens is 296 g/mol. The number of nitrogens with one attached hydrogen (secondary N) is 1. The van der Waals surface area contributed by atoms with Crippen molar-refractivity contribution in [3.05, 3.63) is 41.5 Å². The van der Waals surface area contributed by atoms with Gasteiger partial charge >= 0.3 is 0 Å². The topological polar surface area (TPSA) is 75.7 Å². The minimum Gasteiger partial charge on any atom is -0.494 e. The maximum Gasteiger partial charge on any atom is 0.255 e. The molecule has 0 spiro atoms. The molecule has 1 saturated heterocycles. The van der Waals surface area contributed by atoms with E-state index in [0.717, 1.165) is 11.1 Å². The number of benzene rings is 1. The SMILES string of the molecule is C=C(OCC)c1ccc2c(c1)C(=O)N(C1CCC(=O)NC1=O)C2. The first-order valence-corrected chi connectivity index (χ1v) is 7.61. The summed E-state index contributed by atoms with van der Waals surface area (Å²) in [7, 11) is 0. The summed E-state index contributed by atoms with van der Waals surface area (Å²) < 4.78 is 5.37. The van der Waals surface area contributed by atoms with E-state index < -0.39 is 11.9 Å². The molecule has 1 fully saturated rings. The first kappa shape index (κ1) is 15.3. The van der Waals surface area contributed by atoms with Crippen LogP contribution in [-0.4, -0.2) is 35.3 Å². The molecule has 120 valence electrons. The second kappa shape index (κ2) is 5.87. The predicted molar refractivity (Wildman–Crippen MR) is 83.1 cm³/mol. The van der Waals surface area contributed by atoms with Gasteiger partial charge in [-0.25, -0.2) is 0 Å². The summed E-state index contributed by atoms with van der Waals surface area (Å²) in [6.45, 7) is 6.60. The van der Waals surface area contributed by atoms with Gasteiger partial charge in [-0.05, 0) is 25.0 Å². The van der Waals surface area contributed by atoms with Crippen LogP contribution in [0.15, 0.2) is 24.8 Å². The highest BCUT2D eigenvalue weighted by Crippen LogP contribution is 2.29. The monoisotopic (exact) mass is 314 g/mol. The highest BCUT2D eigenvalue weighted by atomic mass is 16.5. The normalized spacial score (nSPS) is 20.3. The molecule has 2 aliphatic rings. The molecule has 3 rings (SSSR count). The van der Waals surface area contributed by atoms with E-state index in [2.05, 4.69) is 11.9 Å². The van der Waals surface area contributed by atoms with Crippen LogP contribution in [0.5, 0.6) is 0 Å². The van der Waals surface area contributed by atoms with Crippen molar-refractivity contribution < 1.29 is 19.1 Å². The first-order chi connectivity index (χ1) is 11.0. The lowest BCUT2D eigenvalue weighted by Crippen LogP contribution is -2.52. The minimum absolute atomic E-state index is 0.194. The molecule has 1 N–H and O–H groups in total. The Morgan fingerprint density at radius 3 is 2.87 bits per heavy atom. The van der Waals surface area contributed by atoms with Crippen LogP contribution in [0.1, 0.15) is 41.3 Å². The largest absolute Gasteiger partial charge is 0.494 e. The van der Waals surface area contributed by atoms with Gasteiger partial charge in [-0.3, -0.25) is 19.7 Å². The summed E-state index contributed by atoms with van der Waals surface area (Å²) >= 11 is 0. The summed E-state index contributed by atoms with van der Waals surface area (Å²) in [5.41, 5.74) is 2.19. The third-order valence-corrected chi connectivity index (χ3v) is 4.17. The number of ether oxygens (including phenoxy) is 1. The molecule has 0 bridgehead atoms. The van der Waals surface area contributed by atoms with Crippen molar-refractivity contribution in [2.75, 3.05) is 6.61 Å². The summed E-state index contributed by atoms with van der Waals surface area (Å²) in [5, 5.41) is 2.29. The fourth-order valence-corrected chi connectivity index (χ4v) is 2.99. The molecular formula is C17H18N2O4. The average Bonchev–Trinajstić information content (AvgIpc) is 2.84. The summed E-state index contributed by atoms with van der Waals surface area (Å²) in [6, 6.07) is 4.88. The van der Waals surface area contributed by atoms with E-state index in [-0.39, 0.29) is 18.2 Å². The van der Waals surface area contributed by atoms with E-state index >= 15 is 0 Å². The number of piperidine rings is 1. The highest BCUT2D eigenvalue weighted by Gasteiger charge is 2.39. The van der Waals surface area contributed by atoms with Crippen LogP contribution in [0.4, 0.5) is 0 Å². The van der Waals surface area contributed by atoms with Crippen LogP contribution >= 0.6 is 0 Å². The van der Waals surface area contributed by atoms with Crippen LogP contribution in [0.2, 0.25) is 0 Å². The minimum atomic E-state index is -0.592. The zero-order chi connectivity index (χ0) is 16.6. The lowest BCUT2D eigenvalue weighted by atomic mass is 10.0. The van der Waals surface area contributed by atoms with Gasteiger partial charge in [-0.1, -0.05) is 18.7 Å². The second-order valence-electron chi connectivity index (χ2n) is 5.63. The van der Waals surface area contributed by atoms with Gasteiger partial charge < -0.3 is 9.64 Å². The first-order valence-electron chi connectivity index (χ1n) is 7.61. The van der Waals surface area contributed by atoms with Crippen LogP contribution < -0.4 is 5.32 Å². The van der Waals surface area contributed by atoms with Gasteiger partial charge in [0.1, 0.15) is 11.8 Å². The Kier molecular flexibility index (Phi) is 3.90. The Bertz CT molecular complexity index is 711. The van der Waals surface area contributed by atoms with Crippen LogP contribution in [-0.2, 0) is 20.9 Å². The summed E-state index contributed by atoms with van der Waals surface area (Å²) in [6.07, 6.45) is 0.617. The van der Waals surface area contributed by atoms with E-state index in [1.165, 1.54) is 4.90 Å². The predicted octanol–water partition coefficient (Wildman–Crippen LogP) is 1.45. The Hall–Kier alpha value is -2.63. The number of carbonyl (C=O) groups excluding carboxylic acids is 3. The molecule has 1 aromatic rings. The smallest absolute Gasteiger partial charge is 0.255 e. The molecule has 2 heterocycles. The number of nitrogens with zero attached hydrogens (tertiary/aromatic N) is 1. The molecule has 0 aromatic heterocycles. The van der Waals surface area contributed by atoms with Crippen LogP contribution in [0.3, 0.4) is 0 Å². The van der Waals surface area contributed by atoms with Crippen molar-refractivity contribution in [1.29, 1.82) is 0 Å². The molecule has 6 heteroatoms. The Balaban J connectivity index is 1.83. The number of hydrogen-bond donors (Lipinski definition) is 1. The van der Waals surface area contributed by atoms with Crippen molar-refractivity contribution in [2.24, 2.45) is 0 Å². The summed E-state index contributed by atoms with van der Waals surface area (Å²) in [5.74, 6) is -0.365. The maximum absolute atomic E-state index is 12.6. The van der Waals surface area contributed by atoms with Gasteiger partial charge in [-0.2, -0.15) is 0 Å². The van der Waals surface area contributed by atoms with Crippen molar-refractivity contribution >= 4 is 23.5 Å². The Morgan fingerprint density at radius 2 is 2.17 bits per heavy atom. The molecule has 0 saturated carbocycles. The van der Waals surface area contributed by atoms with E-state index in [0.29, 0.717) is 30.9 Å². The molecule has 1 aromatic carbocycles. The fourth-order valence-electron chi connectivity index (χ4n) is 2.99. The quantitative estimate of drug-likeness (QED) is 0.674. The van der Waals surface area contributed by atoms with E-state index in [1.807, 2.05) is 19.1 Å². The van der Waals surface area contributed by atoms with Gasteiger partial charge in [0.2, 0.25) is 11.8 Å². The van der Waals surface area contributed by atoms with Gasteiger partial charge in [0.15, 0.2) is 0 Å². The molecule has 6 nitrogen and oxygen atoms in total. The standard InChI is InChI=1S/C17H18N2O4/c1-3-23-10(2)11-4-5-12-9-19(17(22)13(12)8-11)14-6-7-15(20)18-16(14)21/h4-5,8,14H,2-3,6-7,9H2,1H3,(H,18,20,21). The van der Waals surface area contributed by atoms with Gasteiger partial charge in [0.05, 0.1) is 6.61 Å². The number of amides is 3. The van der Waals surface area contributed by atoms with Gasteiger partial charge in [0, 0.05) is 24.1 Å². The molecule has 3 amide bonds. The number of carbonyl (C=O) groups is 3. The second-order valence-corrected chi connectivity index (χ2v) is 5.63. The molecule has 23 heavy (non-hydrogen) atoms. The maximum atomic E-state index is 12.6. The van der Waals surface area contributed by atoms with Crippen molar-refractivity contribution in [2.45, 2.75) is 32.4 Å². The highest BCUT2D eigenvalue weighted by molar-refractivity contribution is 6.05. The zero-order valence-corrected chi connectivity index (χ0v) is 12.9. The molecule has 2 aliphatic heterocycles. The number of rotatable bonds is 4. The Morgan fingerprint density at radius 1 is 1.39 bits per heavy atom. The number of fused-ring (bicyclic) bond motifs is 1. The van der Waals surface area contributed by atoms with Crippen LogP contribution in [0, 0.1) is 0 Å². The summed E-state index contributed by atoms with van der Waals surface area (Å²) in [4.78, 5) is 37.4. The molecule has 1 unspecified atom stereocenters. The number of hydrogen-bond acceptors (Lipinski definition) is 4. The van der Waals surface area contributed by atoms with E-state index in [4.69, 9.17) is 4.74 Å². The lowest BCUT2D eigenvalue weighted by Gasteiger charge is -2.29. The fraction of sp³-hybridized carbons (Fsp3) is 0.353. The van der Waals surface area contributed by atoms with E-state index in [1.54, 1.807) is 6.07 Å².